The van der Waals surface area contributed by atoms with E-state index >= 15 is 0 Å². The monoisotopic (exact) mass is 201 g/mol. The van der Waals surface area contributed by atoms with Crippen molar-refractivity contribution >= 4 is 5.57 Å². The van der Waals surface area contributed by atoms with Gasteiger partial charge in [0.1, 0.15) is 0 Å². The van der Waals surface area contributed by atoms with Gasteiger partial charge in [-0.3, -0.25) is 4.98 Å². The van der Waals surface area contributed by atoms with Gasteiger partial charge < -0.3 is 0 Å². The quantitative estimate of drug-likeness (QED) is 0.649. The van der Waals surface area contributed by atoms with Crippen molar-refractivity contribution in [3.8, 4) is 0 Å². The maximum Gasteiger partial charge on any atom is 0.0273 e. The van der Waals surface area contributed by atoms with Crippen LogP contribution in [0.25, 0.3) is 5.57 Å². The molecule has 0 aliphatic rings. The zero-order chi connectivity index (χ0) is 10.9. The van der Waals surface area contributed by atoms with Crippen LogP contribution in [0.4, 0.5) is 0 Å². The van der Waals surface area contributed by atoms with Crippen molar-refractivity contribution in [2.75, 3.05) is 0 Å². The maximum absolute atomic E-state index is 4.04. The fourth-order valence-corrected chi connectivity index (χ4v) is 1.37. The molecule has 0 aliphatic heterocycles. The van der Waals surface area contributed by atoms with E-state index in [2.05, 4.69) is 49.2 Å². The molecule has 1 nitrogen and oxygen atoms in total. The third-order valence-corrected chi connectivity index (χ3v) is 2.20. The maximum atomic E-state index is 4.04. The Morgan fingerprint density at radius 2 is 2.00 bits per heavy atom. The molecule has 0 atom stereocenters. The minimum Gasteiger partial charge on any atom is -0.265 e. The van der Waals surface area contributed by atoms with Crippen LogP contribution in [-0.4, -0.2) is 4.98 Å². The summed E-state index contributed by atoms with van der Waals surface area (Å²) in [5, 5.41) is 0. The van der Waals surface area contributed by atoms with E-state index in [1.165, 1.54) is 17.6 Å². The number of aromatic nitrogens is 1. The van der Waals surface area contributed by atoms with Gasteiger partial charge >= 0.3 is 0 Å². The van der Waals surface area contributed by atoms with E-state index in [9.17, 15) is 0 Å². The first-order valence-electron chi connectivity index (χ1n) is 5.65. The summed E-state index contributed by atoms with van der Waals surface area (Å²) in [6.07, 6.45) is 13.8. The summed E-state index contributed by atoms with van der Waals surface area (Å²) in [5.74, 6) is 0. The molecule has 0 saturated carbocycles. The van der Waals surface area contributed by atoms with Gasteiger partial charge in [0, 0.05) is 12.4 Å². The second-order valence-corrected chi connectivity index (χ2v) is 3.49. The van der Waals surface area contributed by atoms with Crippen molar-refractivity contribution in [3.05, 3.63) is 48.3 Å². The Hall–Kier alpha value is -1.37. The molecule has 0 aromatic carbocycles. The van der Waals surface area contributed by atoms with Gasteiger partial charge in [0.05, 0.1) is 0 Å². The molecule has 0 aliphatic carbocycles. The van der Waals surface area contributed by atoms with Crippen LogP contribution in [0.1, 0.15) is 38.7 Å². The van der Waals surface area contributed by atoms with Crippen molar-refractivity contribution in [2.24, 2.45) is 0 Å². The van der Waals surface area contributed by atoms with E-state index in [4.69, 9.17) is 0 Å². The third kappa shape index (κ3) is 4.11. The van der Waals surface area contributed by atoms with Crippen molar-refractivity contribution in [2.45, 2.75) is 33.1 Å². The minimum atomic E-state index is 1.08. The second kappa shape index (κ2) is 6.99. The topological polar surface area (TPSA) is 12.9 Å². The summed E-state index contributed by atoms with van der Waals surface area (Å²) in [7, 11) is 0. The van der Waals surface area contributed by atoms with Crippen molar-refractivity contribution in [3.63, 3.8) is 0 Å². The molecule has 1 aromatic heterocycles. The van der Waals surface area contributed by atoms with E-state index in [0.717, 1.165) is 12.8 Å². The van der Waals surface area contributed by atoms with Gasteiger partial charge in [0.2, 0.25) is 0 Å². The van der Waals surface area contributed by atoms with Gasteiger partial charge in [0.15, 0.2) is 0 Å². The number of unbranched alkanes of at least 4 members (excludes halogenated alkanes) is 1. The lowest BCUT2D eigenvalue weighted by molar-refractivity contribution is 0.960. The normalized spacial score (nSPS) is 12.3. The Balaban J connectivity index is 2.86. The molecule has 0 saturated heterocycles. The largest absolute Gasteiger partial charge is 0.265 e. The molecule has 0 N–H and O–H groups in total. The van der Waals surface area contributed by atoms with Gasteiger partial charge in [-0.2, -0.15) is 0 Å². The summed E-state index contributed by atoms with van der Waals surface area (Å²) in [4.78, 5) is 4.04. The number of allylic oxidation sites excluding steroid dienone is 4. The fraction of sp³-hybridized carbons (Fsp3) is 0.357. The number of hydrogen-bond acceptors (Lipinski definition) is 1. The van der Waals surface area contributed by atoms with Crippen LogP contribution in [0.15, 0.2) is 42.8 Å². The van der Waals surface area contributed by atoms with E-state index in [1.807, 2.05) is 12.4 Å². The fourth-order valence-electron chi connectivity index (χ4n) is 1.37. The molecule has 0 amide bonds. The van der Waals surface area contributed by atoms with E-state index in [0.29, 0.717) is 0 Å². The number of hydrogen-bond donors (Lipinski definition) is 0. The average Bonchev–Trinajstić information content (AvgIpc) is 2.30. The smallest absolute Gasteiger partial charge is 0.0273 e. The highest BCUT2D eigenvalue weighted by Gasteiger charge is 1.95. The van der Waals surface area contributed by atoms with Crippen molar-refractivity contribution < 1.29 is 0 Å². The molecule has 0 fully saturated rings. The molecule has 1 aromatic rings. The van der Waals surface area contributed by atoms with Crippen LogP contribution in [0, 0.1) is 0 Å². The third-order valence-electron chi connectivity index (χ3n) is 2.20. The van der Waals surface area contributed by atoms with Crippen molar-refractivity contribution in [1.82, 2.24) is 4.98 Å². The van der Waals surface area contributed by atoms with Crippen molar-refractivity contribution in [1.29, 1.82) is 0 Å². The van der Waals surface area contributed by atoms with Gasteiger partial charge in [0.25, 0.3) is 0 Å². The Morgan fingerprint density at radius 1 is 1.27 bits per heavy atom. The van der Waals surface area contributed by atoms with Crippen LogP contribution < -0.4 is 0 Å². The molecule has 1 heterocycles. The molecule has 1 heteroatoms. The molecule has 0 spiro atoms. The summed E-state index contributed by atoms with van der Waals surface area (Å²) < 4.78 is 0. The highest BCUT2D eigenvalue weighted by molar-refractivity contribution is 5.73. The Kier molecular flexibility index (Phi) is 5.46. The molecule has 15 heavy (non-hydrogen) atoms. The summed E-state index contributed by atoms with van der Waals surface area (Å²) in [5.41, 5.74) is 2.56. The van der Waals surface area contributed by atoms with Gasteiger partial charge in [-0.15, -0.1) is 0 Å². The first kappa shape index (κ1) is 11.7. The van der Waals surface area contributed by atoms with Crippen LogP contribution >= 0.6 is 0 Å². The number of nitrogens with zero attached hydrogens (tertiary/aromatic N) is 1. The van der Waals surface area contributed by atoms with E-state index in [-0.39, 0.29) is 0 Å². The van der Waals surface area contributed by atoms with Gasteiger partial charge in [-0.25, -0.2) is 0 Å². The first-order valence-corrected chi connectivity index (χ1v) is 5.65. The van der Waals surface area contributed by atoms with Gasteiger partial charge in [-0.1, -0.05) is 38.5 Å². The first-order chi connectivity index (χ1) is 7.38. The Bertz CT molecular complexity index is 322. The zero-order valence-electron chi connectivity index (χ0n) is 9.61. The predicted molar refractivity (Wildman–Crippen MR) is 66.6 cm³/mol. The van der Waals surface area contributed by atoms with Crippen LogP contribution in [0.2, 0.25) is 0 Å². The molecular formula is C14H19N. The predicted octanol–water partition coefficient (Wildman–Crippen LogP) is 4.23. The standard InChI is InChI=1S/C14H19N/c1-3-5-7-13(8-6-4-2)14-9-11-15-12-10-14/h5,7-12H,3-4,6H2,1-2H3/b7-5-,13-8+. The van der Waals surface area contributed by atoms with Crippen LogP contribution in [-0.2, 0) is 0 Å². The Labute approximate surface area is 92.6 Å². The Morgan fingerprint density at radius 3 is 2.60 bits per heavy atom. The van der Waals surface area contributed by atoms with Gasteiger partial charge in [-0.05, 0) is 36.1 Å². The summed E-state index contributed by atoms with van der Waals surface area (Å²) in [6.45, 7) is 4.35. The SMILES string of the molecule is CC/C=C\C(=C/CCC)c1ccncc1. The summed E-state index contributed by atoms with van der Waals surface area (Å²) >= 11 is 0. The average molecular weight is 201 g/mol. The molecule has 0 radical (unpaired) electrons. The lowest BCUT2D eigenvalue weighted by Crippen LogP contribution is -1.82. The zero-order valence-corrected chi connectivity index (χ0v) is 9.61. The highest BCUT2D eigenvalue weighted by Crippen LogP contribution is 2.16. The number of rotatable bonds is 5. The molecule has 0 unspecified atom stereocenters. The van der Waals surface area contributed by atoms with Crippen LogP contribution in [0.3, 0.4) is 0 Å². The minimum absolute atomic E-state index is 1.08. The van der Waals surface area contributed by atoms with E-state index in [1.54, 1.807) is 0 Å². The molecular weight excluding hydrogens is 182 g/mol. The number of pyridine rings is 1. The molecule has 80 valence electrons. The highest BCUT2D eigenvalue weighted by atomic mass is 14.6. The lowest BCUT2D eigenvalue weighted by Gasteiger charge is -2.01. The summed E-state index contributed by atoms with van der Waals surface area (Å²) in [6, 6.07) is 4.11. The molecule has 0 bridgehead atoms. The second-order valence-electron chi connectivity index (χ2n) is 3.49. The van der Waals surface area contributed by atoms with E-state index < -0.39 is 0 Å². The molecule has 1 rings (SSSR count). The van der Waals surface area contributed by atoms with Crippen LogP contribution in [0.5, 0.6) is 0 Å². The lowest BCUT2D eigenvalue weighted by atomic mass is 10.0.